The molecule has 1 heterocycles. The van der Waals surface area contributed by atoms with Gasteiger partial charge in [0.25, 0.3) is 0 Å². The fraction of sp³-hybridized carbons (Fsp3) is 0.875. The van der Waals surface area contributed by atoms with Crippen molar-refractivity contribution < 1.29 is 19.7 Å². The van der Waals surface area contributed by atoms with Gasteiger partial charge in [-0.05, 0) is 6.92 Å². The highest BCUT2D eigenvalue weighted by Gasteiger charge is 2.41. The third-order valence-corrected chi connectivity index (χ3v) is 2.34. The van der Waals surface area contributed by atoms with Crippen molar-refractivity contribution in [1.82, 2.24) is 5.32 Å². The first-order valence-corrected chi connectivity index (χ1v) is 4.47. The van der Waals surface area contributed by atoms with Crippen molar-refractivity contribution in [2.24, 2.45) is 5.73 Å². The van der Waals surface area contributed by atoms with Gasteiger partial charge in [-0.3, -0.25) is 4.79 Å². The topological polar surface area (TPSA) is 105 Å². The maximum atomic E-state index is 10.8. The molecule has 0 aromatic rings. The first-order valence-electron chi connectivity index (χ1n) is 4.47. The highest BCUT2D eigenvalue weighted by atomic mass is 16.6. The van der Waals surface area contributed by atoms with Crippen molar-refractivity contribution in [2.75, 3.05) is 0 Å². The molecule has 6 nitrogen and oxygen atoms in total. The van der Waals surface area contributed by atoms with Crippen LogP contribution in [0.25, 0.3) is 0 Å². The molecule has 0 bridgehead atoms. The second kappa shape index (κ2) is 4.22. The number of nitrogens with one attached hydrogen (secondary N) is 1. The molecule has 1 fully saturated rings. The molecule has 0 saturated carbocycles. The number of carbonyl (C=O) groups excluding carboxylic acids is 1. The van der Waals surface area contributed by atoms with Crippen LogP contribution < -0.4 is 11.1 Å². The number of rotatable bonds is 1. The summed E-state index contributed by atoms with van der Waals surface area (Å²) >= 11 is 0. The lowest BCUT2D eigenvalue weighted by Gasteiger charge is -2.40. The largest absolute Gasteiger partial charge is 0.389 e. The van der Waals surface area contributed by atoms with E-state index in [1.165, 1.54) is 6.92 Å². The molecule has 0 spiro atoms. The van der Waals surface area contributed by atoms with Crippen LogP contribution in [0.2, 0.25) is 0 Å². The highest BCUT2D eigenvalue weighted by molar-refractivity contribution is 5.73. The molecule has 1 amide bonds. The van der Waals surface area contributed by atoms with Crippen LogP contribution in [0.5, 0.6) is 0 Å². The van der Waals surface area contributed by atoms with Crippen LogP contribution in [0.3, 0.4) is 0 Å². The van der Waals surface area contributed by atoms with E-state index in [9.17, 15) is 15.0 Å². The van der Waals surface area contributed by atoms with E-state index in [4.69, 9.17) is 10.5 Å². The molecule has 0 radical (unpaired) electrons. The predicted molar refractivity (Wildman–Crippen MR) is 48.1 cm³/mol. The molecule has 5 N–H and O–H groups in total. The summed E-state index contributed by atoms with van der Waals surface area (Å²) in [6, 6.07) is -1.48. The second-order valence-corrected chi connectivity index (χ2v) is 3.53. The van der Waals surface area contributed by atoms with Crippen LogP contribution in [0.4, 0.5) is 0 Å². The normalized spacial score (nSPS) is 43.4. The van der Waals surface area contributed by atoms with Gasteiger partial charge in [0, 0.05) is 6.92 Å². The monoisotopic (exact) mass is 204 g/mol. The number of hydrogen-bond donors (Lipinski definition) is 4. The van der Waals surface area contributed by atoms with Crippen LogP contribution in [-0.4, -0.2) is 46.7 Å². The van der Waals surface area contributed by atoms with Gasteiger partial charge in [-0.25, -0.2) is 0 Å². The summed E-state index contributed by atoms with van der Waals surface area (Å²) in [7, 11) is 0. The Kier molecular flexibility index (Phi) is 3.43. The number of hydrogen-bond acceptors (Lipinski definition) is 5. The maximum absolute atomic E-state index is 10.8. The smallest absolute Gasteiger partial charge is 0.217 e. The number of aliphatic hydroxyl groups is 2. The Morgan fingerprint density at radius 1 is 1.50 bits per heavy atom. The molecule has 82 valence electrons. The summed E-state index contributed by atoms with van der Waals surface area (Å²) in [5.74, 6) is -0.349. The van der Waals surface area contributed by atoms with Gasteiger partial charge in [0.05, 0.1) is 18.2 Å². The Balaban J connectivity index is 2.68. The van der Waals surface area contributed by atoms with Gasteiger partial charge >= 0.3 is 0 Å². The first kappa shape index (κ1) is 11.4. The standard InChI is InChI=1S/C8H16N2O4/c1-3-5(9)7(12)6(8(13)14-3)10-4(2)11/h3,5-8,12-13H,9H2,1-2H3,(H,10,11)/t3-,5+,6-,7-,8-/m1/s1. The van der Waals surface area contributed by atoms with Crippen molar-refractivity contribution in [1.29, 1.82) is 0 Å². The minimum Gasteiger partial charge on any atom is -0.389 e. The van der Waals surface area contributed by atoms with Crippen molar-refractivity contribution >= 4 is 5.91 Å². The third kappa shape index (κ3) is 2.21. The molecule has 5 atom stereocenters. The van der Waals surface area contributed by atoms with Crippen LogP contribution in [-0.2, 0) is 9.53 Å². The average Bonchev–Trinajstić information content (AvgIpc) is 2.09. The summed E-state index contributed by atoms with van der Waals surface area (Å²) in [4.78, 5) is 10.8. The number of aliphatic hydroxyl groups excluding tert-OH is 2. The molecular weight excluding hydrogens is 188 g/mol. The zero-order valence-electron chi connectivity index (χ0n) is 8.18. The molecule has 1 saturated heterocycles. The molecule has 0 aromatic carbocycles. The fourth-order valence-electron chi connectivity index (χ4n) is 1.47. The fourth-order valence-corrected chi connectivity index (χ4v) is 1.47. The Labute approximate surface area is 82.0 Å². The van der Waals surface area contributed by atoms with Gasteiger partial charge in [-0.1, -0.05) is 0 Å². The summed E-state index contributed by atoms with van der Waals surface area (Å²) in [6.45, 7) is 2.95. The van der Waals surface area contributed by atoms with Gasteiger partial charge < -0.3 is 26.0 Å². The molecule has 0 aromatic heterocycles. The van der Waals surface area contributed by atoms with E-state index in [2.05, 4.69) is 5.32 Å². The zero-order chi connectivity index (χ0) is 10.9. The van der Waals surface area contributed by atoms with Crippen molar-refractivity contribution in [3.8, 4) is 0 Å². The number of amides is 1. The van der Waals surface area contributed by atoms with Gasteiger partial charge in [-0.2, -0.15) is 0 Å². The number of carbonyl (C=O) groups is 1. The van der Waals surface area contributed by atoms with Crippen molar-refractivity contribution in [2.45, 2.75) is 44.4 Å². The van der Waals surface area contributed by atoms with Gasteiger partial charge in [0.15, 0.2) is 6.29 Å². The van der Waals surface area contributed by atoms with Gasteiger partial charge in [-0.15, -0.1) is 0 Å². The summed E-state index contributed by atoms with van der Waals surface area (Å²) in [5.41, 5.74) is 5.61. The van der Waals surface area contributed by atoms with E-state index >= 15 is 0 Å². The van der Waals surface area contributed by atoms with Crippen molar-refractivity contribution in [3.63, 3.8) is 0 Å². The molecule has 14 heavy (non-hydrogen) atoms. The van der Waals surface area contributed by atoms with E-state index in [1.54, 1.807) is 6.92 Å². The van der Waals surface area contributed by atoms with Crippen molar-refractivity contribution in [3.05, 3.63) is 0 Å². The lowest BCUT2D eigenvalue weighted by molar-refractivity contribution is -0.210. The molecule has 0 aliphatic carbocycles. The van der Waals surface area contributed by atoms with Crippen LogP contribution in [0, 0.1) is 0 Å². The third-order valence-electron chi connectivity index (χ3n) is 2.34. The average molecular weight is 204 g/mol. The zero-order valence-corrected chi connectivity index (χ0v) is 8.18. The van der Waals surface area contributed by atoms with Crippen LogP contribution >= 0.6 is 0 Å². The number of nitrogens with two attached hydrogens (primary N) is 1. The Bertz CT molecular complexity index is 223. The lowest BCUT2D eigenvalue weighted by atomic mass is 9.96. The highest BCUT2D eigenvalue weighted by Crippen LogP contribution is 2.17. The minimum atomic E-state index is -1.22. The van der Waals surface area contributed by atoms with E-state index in [-0.39, 0.29) is 5.91 Å². The molecule has 0 unspecified atom stereocenters. The minimum absolute atomic E-state index is 0.349. The lowest BCUT2D eigenvalue weighted by Crippen LogP contribution is -2.65. The maximum Gasteiger partial charge on any atom is 0.217 e. The van der Waals surface area contributed by atoms with Gasteiger partial charge in [0.2, 0.25) is 5.91 Å². The van der Waals surface area contributed by atoms with E-state index in [1.807, 2.05) is 0 Å². The van der Waals surface area contributed by atoms with Gasteiger partial charge in [0.1, 0.15) is 6.04 Å². The molecular formula is C8H16N2O4. The van der Waals surface area contributed by atoms with E-state index in [0.717, 1.165) is 0 Å². The van der Waals surface area contributed by atoms with E-state index in [0.29, 0.717) is 0 Å². The predicted octanol–water partition coefficient (Wildman–Crippen LogP) is -2.08. The summed E-state index contributed by atoms with van der Waals surface area (Å²) in [6.07, 6.45) is -2.66. The SMILES string of the molecule is CC(=O)N[C@@H]1[C@H](O)[C@@H](N)[C@@H](C)O[C@H]1O. The molecule has 6 heteroatoms. The van der Waals surface area contributed by atoms with Crippen LogP contribution in [0.15, 0.2) is 0 Å². The molecule has 1 aliphatic rings. The Hall–Kier alpha value is -0.690. The first-order chi connectivity index (χ1) is 6.43. The Morgan fingerprint density at radius 3 is 2.57 bits per heavy atom. The quantitative estimate of drug-likeness (QED) is 0.392. The molecule has 1 rings (SSSR count). The summed E-state index contributed by atoms with van der Waals surface area (Å²) < 4.78 is 5.04. The Morgan fingerprint density at radius 2 is 2.07 bits per heavy atom. The van der Waals surface area contributed by atoms with Crippen LogP contribution in [0.1, 0.15) is 13.8 Å². The summed E-state index contributed by atoms with van der Waals surface area (Å²) in [5, 5.41) is 21.5. The second-order valence-electron chi connectivity index (χ2n) is 3.53. The van der Waals surface area contributed by atoms with E-state index < -0.39 is 30.6 Å². The molecule has 1 aliphatic heterocycles. The number of ether oxygens (including phenoxy) is 1.